The average Bonchev–Trinajstić information content (AvgIpc) is 3.53. The first-order chi connectivity index (χ1) is 17.8. The van der Waals surface area contributed by atoms with Crippen LogP contribution in [0.2, 0.25) is 5.02 Å². The minimum atomic E-state index is -0.810. The van der Waals surface area contributed by atoms with E-state index in [2.05, 4.69) is 53.2 Å². The van der Waals surface area contributed by atoms with Crippen LogP contribution in [-0.2, 0) is 12.0 Å². The van der Waals surface area contributed by atoms with Gasteiger partial charge in [0.15, 0.2) is 0 Å². The Kier molecular flexibility index (Phi) is 7.03. The Bertz CT molecular complexity index is 1330. The summed E-state index contributed by atoms with van der Waals surface area (Å²) in [5, 5.41) is 19.1. The fourth-order valence-electron chi connectivity index (χ4n) is 5.21. The minimum Gasteiger partial charge on any atom is -0.491 e. The summed E-state index contributed by atoms with van der Waals surface area (Å²) in [6, 6.07) is 15.2. The van der Waals surface area contributed by atoms with E-state index in [1.807, 2.05) is 24.3 Å². The molecule has 2 aliphatic rings. The molecule has 37 heavy (non-hydrogen) atoms. The first-order valence-corrected chi connectivity index (χ1v) is 12.8. The molecule has 0 spiro atoms. The molecule has 3 aromatic rings. The van der Waals surface area contributed by atoms with Crippen LogP contribution in [0.3, 0.4) is 0 Å². The van der Waals surface area contributed by atoms with E-state index in [4.69, 9.17) is 20.8 Å². The molecule has 0 radical (unpaired) electrons. The molecule has 2 aromatic carbocycles. The molecule has 0 bridgehead atoms. The number of aldehydes is 1. The normalized spacial score (nSPS) is 23.1. The van der Waals surface area contributed by atoms with Crippen LogP contribution in [-0.4, -0.2) is 52.3 Å². The van der Waals surface area contributed by atoms with Gasteiger partial charge in [-0.2, -0.15) is 0 Å². The van der Waals surface area contributed by atoms with Crippen molar-refractivity contribution in [2.45, 2.75) is 38.3 Å². The van der Waals surface area contributed by atoms with Crippen molar-refractivity contribution in [3.05, 3.63) is 94.7 Å². The number of aromatic nitrogens is 2. The number of rotatable bonds is 8. The van der Waals surface area contributed by atoms with Gasteiger partial charge in [0, 0.05) is 24.1 Å². The Morgan fingerprint density at radius 2 is 2.03 bits per heavy atom. The molecule has 192 valence electrons. The molecule has 5 rings (SSSR count). The standard InChI is InChI=1S/C29H30ClN3O4/c1-28(2)23(21-7-4-3-5-8-21)9-6-13-29(28,19-36-25-11-10-20(18-34)15-24(25)30)27-32-31-26(37-27)17-33-14-12-22(35)16-33/h3-11,13,15,18,22,35H,12,14,16-17,19H2,1-2H3/t22?,29-/m1/s1. The monoisotopic (exact) mass is 519 g/mol. The lowest BCUT2D eigenvalue weighted by atomic mass is 9.58. The molecule has 2 heterocycles. The Morgan fingerprint density at radius 1 is 1.22 bits per heavy atom. The fraction of sp³-hybridized carbons (Fsp3) is 0.345. The molecule has 1 aliphatic heterocycles. The van der Waals surface area contributed by atoms with Gasteiger partial charge >= 0.3 is 0 Å². The van der Waals surface area contributed by atoms with Gasteiger partial charge in [-0.15, -0.1) is 10.2 Å². The van der Waals surface area contributed by atoms with Crippen molar-refractivity contribution < 1.29 is 19.1 Å². The van der Waals surface area contributed by atoms with Gasteiger partial charge in [-0.3, -0.25) is 9.69 Å². The van der Waals surface area contributed by atoms with Gasteiger partial charge in [0.1, 0.15) is 24.1 Å². The molecule has 2 atom stereocenters. The molecule has 1 aromatic heterocycles. The van der Waals surface area contributed by atoms with Gasteiger partial charge in [0.05, 0.1) is 17.7 Å². The maximum atomic E-state index is 11.2. The molecular weight excluding hydrogens is 490 g/mol. The number of ether oxygens (including phenoxy) is 1. The molecule has 0 saturated carbocycles. The van der Waals surface area contributed by atoms with Crippen molar-refractivity contribution in [2.75, 3.05) is 19.7 Å². The third-order valence-electron chi connectivity index (χ3n) is 7.52. The van der Waals surface area contributed by atoms with Gasteiger partial charge in [0.25, 0.3) is 0 Å². The first kappa shape index (κ1) is 25.4. The number of likely N-dealkylation sites (tertiary alicyclic amines) is 1. The van der Waals surface area contributed by atoms with E-state index in [9.17, 15) is 9.90 Å². The molecule has 7 nitrogen and oxygen atoms in total. The Balaban J connectivity index is 1.51. The number of nitrogens with zero attached hydrogens (tertiary/aromatic N) is 3. The highest BCUT2D eigenvalue weighted by Crippen LogP contribution is 2.53. The summed E-state index contributed by atoms with van der Waals surface area (Å²) in [7, 11) is 0. The van der Waals surface area contributed by atoms with Crippen LogP contribution >= 0.6 is 11.6 Å². The second-order valence-electron chi connectivity index (χ2n) is 10.2. The third kappa shape index (κ3) is 4.87. The molecule has 0 amide bonds. The Labute approximate surface area is 221 Å². The second-order valence-corrected chi connectivity index (χ2v) is 10.6. The summed E-state index contributed by atoms with van der Waals surface area (Å²) >= 11 is 6.43. The zero-order valence-corrected chi connectivity index (χ0v) is 21.7. The van der Waals surface area contributed by atoms with Crippen LogP contribution in [0.5, 0.6) is 5.75 Å². The van der Waals surface area contributed by atoms with Gasteiger partial charge in [-0.1, -0.05) is 74.0 Å². The van der Waals surface area contributed by atoms with Gasteiger partial charge in [-0.05, 0) is 35.8 Å². The van der Waals surface area contributed by atoms with E-state index in [1.54, 1.807) is 18.2 Å². The summed E-state index contributed by atoms with van der Waals surface area (Å²) in [6.07, 6.45) is 7.35. The fourth-order valence-corrected chi connectivity index (χ4v) is 5.46. The third-order valence-corrected chi connectivity index (χ3v) is 7.81. The number of benzene rings is 2. The molecule has 1 saturated heterocycles. The summed E-state index contributed by atoms with van der Waals surface area (Å²) in [5.74, 6) is 1.42. The Hall–Kier alpha value is -3.26. The highest BCUT2D eigenvalue weighted by atomic mass is 35.5. The zero-order valence-electron chi connectivity index (χ0n) is 20.9. The molecule has 1 unspecified atom stereocenters. The maximum absolute atomic E-state index is 11.2. The summed E-state index contributed by atoms with van der Waals surface area (Å²) < 4.78 is 12.6. The van der Waals surface area contributed by atoms with E-state index >= 15 is 0 Å². The van der Waals surface area contributed by atoms with Crippen LogP contribution in [0.4, 0.5) is 0 Å². The quantitative estimate of drug-likeness (QED) is 0.414. The van der Waals surface area contributed by atoms with Gasteiger partial charge in [-0.25, -0.2) is 0 Å². The number of halogens is 1. The number of allylic oxidation sites excluding steroid dienone is 3. The van der Waals surface area contributed by atoms with E-state index in [1.165, 1.54) is 0 Å². The summed E-state index contributed by atoms with van der Waals surface area (Å²) in [4.78, 5) is 13.3. The number of β-amino-alcohol motifs (C(OH)–C–C–N with tert-alkyl or cyclic N) is 1. The molecule has 8 heteroatoms. The highest BCUT2D eigenvalue weighted by molar-refractivity contribution is 6.32. The predicted molar refractivity (Wildman–Crippen MR) is 142 cm³/mol. The zero-order chi connectivity index (χ0) is 26.0. The van der Waals surface area contributed by atoms with Crippen molar-refractivity contribution in [1.82, 2.24) is 15.1 Å². The highest BCUT2D eigenvalue weighted by Gasteiger charge is 2.53. The number of carbonyl (C=O) groups excluding carboxylic acids is 1. The lowest BCUT2D eigenvalue weighted by Gasteiger charge is -2.45. The summed E-state index contributed by atoms with van der Waals surface area (Å²) in [6.45, 7) is 6.34. The van der Waals surface area contributed by atoms with E-state index in [-0.39, 0.29) is 12.7 Å². The number of aliphatic hydroxyl groups is 1. The van der Waals surface area contributed by atoms with Crippen molar-refractivity contribution in [3.8, 4) is 5.75 Å². The largest absolute Gasteiger partial charge is 0.491 e. The predicted octanol–water partition coefficient (Wildman–Crippen LogP) is 5.10. The molecule has 1 fully saturated rings. The van der Waals surface area contributed by atoms with Crippen molar-refractivity contribution in [2.24, 2.45) is 5.41 Å². The Morgan fingerprint density at radius 3 is 2.73 bits per heavy atom. The lowest BCUT2D eigenvalue weighted by Crippen LogP contribution is -2.47. The van der Waals surface area contributed by atoms with E-state index in [0.717, 1.165) is 30.4 Å². The van der Waals surface area contributed by atoms with Crippen LogP contribution in [0.25, 0.3) is 5.57 Å². The second kappa shape index (κ2) is 10.2. The van der Waals surface area contributed by atoms with E-state index < -0.39 is 10.8 Å². The maximum Gasteiger partial charge on any atom is 0.230 e. The molecular formula is C29H30ClN3O4. The molecule has 1 aliphatic carbocycles. The SMILES string of the molecule is CC1(C)C(c2ccccc2)=CC=C[C@@]1(COc1ccc(C=O)cc1Cl)c1nnc(CN2CCC(O)C2)o1. The van der Waals surface area contributed by atoms with Gasteiger partial charge in [0.2, 0.25) is 11.8 Å². The van der Waals surface area contributed by atoms with Crippen molar-refractivity contribution >= 4 is 23.5 Å². The molecule has 1 N–H and O–H groups in total. The van der Waals surface area contributed by atoms with Crippen LogP contribution in [0.15, 0.2) is 71.2 Å². The smallest absolute Gasteiger partial charge is 0.230 e. The number of hydrogen-bond donors (Lipinski definition) is 1. The van der Waals surface area contributed by atoms with Crippen LogP contribution in [0, 0.1) is 5.41 Å². The first-order valence-electron chi connectivity index (χ1n) is 12.4. The number of hydrogen-bond acceptors (Lipinski definition) is 7. The number of carbonyl (C=O) groups is 1. The van der Waals surface area contributed by atoms with Crippen LogP contribution in [0.1, 0.15) is 48.0 Å². The van der Waals surface area contributed by atoms with E-state index in [0.29, 0.717) is 41.2 Å². The summed E-state index contributed by atoms with van der Waals surface area (Å²) in [5.41, 5.74) is 1.37. The minimum absolute atomic E-state index is 0.185. The average molecular weight is 520 g/mol. The number of aliphatic hydroxyl groups excluding tert-OH is 1. The lowest BCUT2D eigenvalue weighted by molar-refractivity contribution is 0.112. The van der Waals surface area contributed by atoms with Crippen molar-refractivity contribution in [3.63, 3.8) is 0 Å². The van der Waals surface area contributed by atoms with Crippen molar-refractivity contribution in [1.29, 1.82) is 0 Å². The van der Waals surface area contributed by atoms with Gasteiger partial charge < -0.3 is 14.3 Å². The van der Waals surface area contributed by atoms with Crippen LogP contribution < -0.4 is 4.74 Å². The topological polar surface area (TPSA) is 88.7 Å².